The number of pyridine rings is 1. The van der Waals surface area contributed by atoms with Crippen molar-refractivity contribution in [2.45, 2.75) is 19.4 Å². The van der Waals surface area contributed by atoms with E-state index >= 15 is 0 Å². The van der Waals surface area contributed by atoms with E-state index in [1.54, 1.807) is 36.4 Å². The molecule has 23 heavy (non-hydrogen) atoms. The Hall–Kier alpha value is -2.40. The number of nitrogens with one attached hydrogen (secondary N) is 1. The summed E-state index contributed by atoms with van der Waals surface area (Å²) in [6.07, 6.45) is 0.0235. The fourth-order valence-electron chi connectivity index (χ4n) is 2.10. The Morgan fingerprint density at radius 1 is 1.22 bits per heavy atom. The Kier molecular flexibility index (Phi) is 5.71. The fourth-order valence-corrected chi connectivity index (χ4v) is 2.22. The summed E-state index contributed by atoms with van der Waals surface area (Å²) in [6, 6.07) is 11.6. The molecule has 0 fully saturated rings. The first-order valence-corrected chi connectivity index (χ1v) is 7.44. The minimum atomic E-state index is -0.519. The number of nitrogens with zero attached hydrogens (tertiary/aromatic N) is 1. The first kappa shape index (κ1) is 17.0. The van der Waals surface area contributed by atoms with Crippen LogP contribution in [0, 0.1) is 6.92 Å². The van der Waals surface area contributed by atoms with Gasteiger partial charge in [0, 0.05) is 10.7 Å². The third kappa shape index (κ3) is 4.79. The van der Waals surface area contributed by atoms with Crippen molar-refractivity contribution in [2.75, 3.05) is 7.11 Å². The monoisotopic (exact) mass is 332 g/mol. The molecule has 1 aromatic heterocycles. The molecule has 0 radical (unpaired) electrons. The molecule has 1 N–H and O–H groups in total. The number of halogens is 1. The van der Waals surface area contributed by atoms with Crippen LogP contribution >= 0.6 is 11.6 Å². The number of carbonyl (C=O) groups excluding carboxylic acids is 2. The first-order valence-electron chi connectivity index (χ1n) is 7.06. The minimum absolute atomic E-state index is 0.0235. The van der Waals surface area contributed by atoms with E-state index in [9.17, 15) is 9.59 Å². The average Bonchev–Trinajstić information content (AvgIpc) is 2.54. The van der Waals surface area contributed by atoms with Crippen LogP contribution in [-0.2, 0) is 9.53 Å². The van der Waals surface area contributed by atoms with Crippen LogP contribution in [0.2, 0.25) is 5.02 Å². The highest BCUT2D eigenvalue weighted by Crippen LogP contribution is 2.20. The number of hydrogen-bond acceptors (Lipinski definition) is 4. The van der Waals surface area contributed by atoms with Gasteiger partial charge in [0.25, 0.3) is 5.91 Å². The molecule has 120 valence electrons. The van der Waals surface area contributed by atoms with Crippen LogP contribution in [0.3, 0.4) is 0 Å². The van der Waals surface area contributed by atoms with Crippen molar-refractivity contribution in [1.29, 1.82) is 0 Å². The van der Waals surface area contributed by atoms with Gasteiger partial charge in [-0.05, 0) is 36.8 Å². The van der Waals surface area contributed by atoms with Gasteiger partial charge in [0.05, 0.1) is 19.6 Å². The first-order chi connectivity index (χ1) is 11.0. The number of esters is 1. The van der Waals surface area contributed by atoms with Gasteiger partial charge in [-0.15, -0.1) is 0 Å². The standard InChI is InChI=1S/C17H17ClN2O3/c1-11-4-3-5-14(19-11)17(22)20-15(10-16(21)23-2)12-6-8-13(18)9-7-12/h3-9,15H,10H2,1-2H3,(H,20,22). The molecule has 0 bridgehead atoms. The summed E-state index contributed by atoms with van der Waals surface area (Å²) in [5, 5.41) is 3.40. The van der Waals surface area contributed by atoms with Gasteiger partial charge in [0.2, 0.25) is 0 Å². The molecular weight excluding hydrogens is 316 g/mol. The molecule has 0 aliphatic heterocycles. The Balaban J connectivity index is 2.21. The molecule has 2 rings (SSSR count). The Bertz CT molecular complexity index is 701. The van der Waals surface area contributed by atoms with E-state index in [0.717, 1.165) is 11.3 Å². The van der Waals surface area contributed by atoms with Gasteiger partial charge < -0.3 is 10.1 Å². The van der Waals surface area contributed by atoms with E-state index in [2.05, 4.69) is 10.3 Å². The predicted octanol–water partition coefficient (Wildman–Crippen LogP) is 3.08. The topological polar surface area (TPSA) is 68.3 Å². The minimum Gasteiger partial charge on any atom is -0.469 e. The van der Waals surface area contributed by atoms with Gasteiger partial charge in [-0.25, -0.2) is 4.98 Å². The molecule has 1 amide bonds. The molecule has 0 spiro atoms. The Morgan fingerprint density at radius 2 is 1.91 bits per heavy atom. The number of aryl methyl sites for hydroxylation is 1. The zero-order valence-corrected chi connectivity index (χ0v) is 13.6. The van der Waals surface area contributed by atoms with Crippen LogP contribution in [0.15, 0.2) is 42.5 Å². The van der Waals surface area contributed by atoms with Gasteiger partial charge in [-0.3, -0.25) is 9.59 Å². The lowest BCUT2D eigenvalue weighted by Gasteiger charge is -2.18. The molecule has 1 heterocycles. The largest absolute Gasteiger partial charge is 0.469 e. The summed E-state index contributed by atoms with van der Waals surface area (Å²) in [7, 11) is 1.31. The number of hydrogen-bond donors (Lipinski definition) is 1. The maximum absolute atomic E-state index is 12.4. The molecule has 5 nitrogen and oxygen atoms in total. The molecule has 1 atom stereocenters. The highest BCUT2D eigenvalue weighted by atomic mass is 35.5. The number of carbonyl (C=O) groups is 2. The van der Waals surface area contributed by atoms with E-state index < -0.39 is 12.0 Å². The normalized spacial score (nSPS) is 11.6. The van der Waals surface area contributed by atoms with Gasteiger partial charge >= 0.3 is 5.97 Å². The number of aromatic nitrogens is 1. The lowest BCUT2D eigenvalue weighted by molar-refractivity contribution is -0.141. The number of methoxy groups -OCH3 is 1. The zero-order valence-electron chi connectivity index (χ0n) is 12.9. The lowest BCUT2D eigenvalue weighted by atomic mass is 10.0. The third-order valence-corrected chi connectivity index (χ3v) is 3.55. The molecular formula is C17H17ClN2O3. The highest BCUT2D eigenvalue weighted by molar-refractivity contribution is 6.30. The molecule has 0 saturated carbocycles. The quantitative estimate of drug-likeness (QED) is 0.854. The Morgan fingerprint density at radius 3 is 2.52 bits per heavy atom. The summed E-state index contributed by atoms with van der Waals surface area (Å²) in [5.41, 5.74) is 1.81. The molecule has 0 aliphatic carbocycles. The van der Waals surface area contributed by atoms with Crippen molar-refractivity contribution in [1.82, 2.24) is 10.3 Å². The van der Waals surface area contributed by atoms with Crippen molar-refractivity contribution >= 4 is 23.5 Å². The van der Waals surface area contributed by atoms with Crippen molar-refractivity contribution in [3.05, 3.63) is 64.4 Å². The lowest BCUT2D eigenvalue weighted by Crippen LogP contribution is -2.31. The number of benzene rings is 1. The van der Waals surface area contributed by atoms with Crippen molar-refractivity contribution in [3.63, 3.8) is 0 Å². The predicted molar refractivity (Wildman–Crippen MR) is 87.3 cm³/mol. The van der Waals surface area contributed by atoms with Crippen molar-refractivity contribution in [2.24, 2.45) is 0 Å². The Labute approximate surface area is 139 Å². The maximum atomic E-state index is 12.4. The van der Waals surface area contributed by atoms with Gasteiger partial charge in [-0.2, -0.15) is 0 Å². The number of ether oxygens (including phenoxy) is 1. The smallest absolute Gasteiger partial charge is 0.307 e. The molecule has 6 heteroatoms. The van der Waals surface area contributed by atoms with E-state index in [1.165, 1.54) is 7.11 Å². The van der Waals surface area contributed by atoms with Crippen molar-refractivity contribution < 1.29 is 14.3 Å². The van der Waals surface area contributed by atoms with Gasteiger partial charge in [0.1, 0.15) is 5.69 Å². The van der Waals surface area contributed by atoms with E-state index in [4.69, 9.17) is 16.3 Å². The van der Waals surface area contributed by atoms with Gasteiger partial charge in [-0.1, -0.05) is 29.8 Å². The SMILES string of the molecule is COC(=O)CC(NC(=O)c1cccc(C)n1)c1ccc(Cl)cc1. The van der Waals surface area contributed by atoms with E-state index in [0.29, 0.717) is 10.7 Å². The van der Waals surface area contributed by atoms with Crippen LogP contribution in [-0.4, -0.2) is 24.0 Å². The highest BCUT2D eigenvalue weighted by Gasteiger charge is 2.20. The second kappa shape index (κ2) is 7.74. The van der Waals surface area contributed by atoms with Crippen LogP contribution in [0.1, 0.15) is 34.2 Å². The fraction of sp³-hybridized carbons (Fsp3) is 0.235. The summed E-state index contributed by atoms with van der Waals surface area (Å²) >= 11 is 5.88. The maximum Gasteiger partial charge on any atom is 0.307 e. The summed E-state index contributed by atoms with van der Waals surface area (Å²) in [4.78, 5) is 28.2. The summed E-state index contributed by atoms with van der Waals surface area (Å²) < 4.78 is 4.70. The number of amides is 1. The van der Waals surface area contributed by atoms with Crippen LogP contribution in [0.4, 0.5) is 0 Å². The van der Waals surface area contributed by atoms with E-state index in [-0.39, 0.29) is 12.3 Å². The summed E-state index contributed by atoms with van der Waals surface area (Å²) in [5.74, 6) is -0.764. The average molecular weight is 333 g/mol. The third-order valence-electron chi connectivity index (χ3n) is 3.30. The molecule has 0 aliphatic rings. The zero-order chi connectivity index (χ0) is 16.8. The van der Waals surface area contributed by atoms with Crippen LogP contribution < -0.4 is 5.32 Å². The van der Waals surface area contributed by atoms with Crippen LogP contribution in [0.5, 0.6) is 0 Å². The van der Waals surface area contributed by atoms with Crippen LogP contribution in [0.25, 0.3) is 0 Å². The molecule has 1 aromatic carbocycles. The second-order valence-electron chi connectivity index (χ2n) is 5.02. The van der Waals surface area contributed by atoms with Crippen molar-refractivity contribution in [3.8, 4) is 0 Å². The summed E-state index contributed by atoms with van der Waals surface area (Å²) in [6.45, 7) is 1.81. The van der Waals surface area contributed by atoms with E-state index in [1.807, 2.05) is 13.0 Å². The second-order valence-corrected chi connectivity index (χ2v) is 5.46. The molecule has 1 unspecified atom stereocenters. The molecule has 0 saturated heterocycles. The van der Waals surface area contributed by atoms with Gasteiger partial charge in [0.15, 0.2) is 0 Å². The number of rotatable bonds is 5. The molecule has 2 aromatic rings.